The molecule has 0 bridgehead atoms. The van der Waals surface area contributed by atoms with Crippen molar-refractivity contribution in [2.24, 2.45) is 5.16 Å². The Morgan fingerprint density at radius 2 is 1.83 bits per heavy atom. The van der Waals surface area contributed by atoms with Gasteiger partial charge in [0.15, 0.2) is 4.32 Å². The van der Waals surface area contributed by atoms with E-state index in [2.05, 4.69) is 21.1 Å². The van der Waals surface area contributed by atoms with Gasteiger partial charge in [-0.2, -0.15) is 0 Å². The summed E-state index contributed by atoms with van der Waals surface area (Å²) in [6, 6.07) is 17.5. The van der Waals surface area contributed by atoms with Gasteiger partial charge >= 0.3 is 5.97 Å². The minimum Gasteiger partial charge on any atom is -0.496 e. The van der Waals surface area contributed by atoms with Gasteiger partial charge in [-0.25, -0.2) is 4.79 Å². The van der Waals surface area contributed by atoms with Crippen molar-refractivity contribution >= 4 is 27.6 Å². The van der Waals surface area contributed by atoms with Crippen LogP contribution in [-0.4, -0.2) is 23.1 Å². The summed E-state index contributed by atoms with van der Waals surface area (Å²) in [6.45, 7) is 0. The number of nitrogens with zero attached hydrogens (tertiary/aromatic N) is 1. The molecule has 1 aliphatic heterocycles. The normalized spacial score (nSPS) is 20.1. The predicted octanol–water partition coefficient (Wildman–Crippen LogP) is 3.72. The molecule has 0 N–H and O–H groups in total. The van der Waals surface area contributed by atoms with Gasteiger partial charge in [0, 0.05) is 5.56 Å². The van der Waals surface area contributed by atoms with Gasteiger partial charge in [0.2, 0.25) is 0 Å². The van der Waals surface area contributed by atoms with Crippen LogP contribution in [0.25, 0.3) is 0 Å². The van der Waals surface area contributed by atoms with Crippen molar-refractivity contribution in [3.8, 4) is 5.75 Å². The molecule has 2 aromatic carbocycles. The molecule has 3 rings (SSSR count). The summed E-state index contributed by atoms with van der Waals surface area (Å²) in [7, 11) is 1.59. The van der Waals surface area contributed by atoms with Crippen LogP contribution in [0.15, 0.2) is 59.8 Å². The molecule has 1 unspecified atom stereocenters. The molecule has 23 heavy (non-hydrogen) atoms. The topological polar surface area (TPSA) is 47.9 Å². The second kappa shape index (κ2) is 6.54. The average molecular weight is 374 g/mol. The van der Waals surface area contributed by atoms with Gasteiger partial charge in [0.05, 0.1) is 7.11 Å². The Balaban J connectivity index is 1.89. The van der Waals surface area contributed by atoms with Crippen LogP contribution in [0.5, 0.6) is 5.75 Å². The highest BCUT2D eigenvalue weighted by Crippen LogP contribution is 2.37. The van der Waals surface area contributed by atoms with E-state index in [0.29, 0.717) is 17.9 Å². The molecule has 2 aromatic rings. The summed E-state index contributed by atoms with van der Waals surface area (Å²) in [5.74, 6) is 0.266. The third kappa shape index (κ3) is 3.01. The van der Waals surface area contributed by atoms with E-state index in [-0.39, 0.29) is 0 Å². The van der Waals surface area contributed by atoms with Crippen molar-refractivity contribution in [1.29, 1.82) is 0 Å². The molecule has 0 saturated heterocycles. The van der Waals surface area contributed by atoms with Crippen LogP contribution in [0.3, 0.4) is 0 Å². The fourth-order valence-electron chi connectivity index (χ4n) is 2.61. The second-order valence-corrected chi connectivity index (χ2v) is 6.66. The van der Waals surface area contributed by atoms with Gasteiger partial charge in [-0.05, 0) is 30.5 Å². The van der Waals surface area contributed by atoms with Crippen LogP contribution in [0, 0.1) is 0 Å². The number of halogens is 1. The van der Waals surface area contributed by atoms with E-state index >= 15 is 0 Å². The molecule has 0 aromatic heterocycles. The molecular weight excluding hydrogens is 358 g/mol. The minimum absolute atomic E-state index is 0.394. The van der Waals surface area contributed by atoms with E-state index in [4.69, 9.17) is 9.57 Å². The molecule has 0 amide bonds. The smallest absolute Gasteiger partial charge is 0.357 e. The maximum absolute atomic E-state index is 12.3. The number of rotatable bonds is 5. The zero-order valence-electron chi connectivity index (χ0n) is 12.7. The van der Waals surface area contributed by atoms with E-state index in [0.717, 1.165) is 17.5 Å². The number of alkyl halides is 1. The number of para-hydroxylation sites is 1. The lowest BCUT2D eigenvalue weighted by Gasteiger charge is -2.20. The first-order valence-electron chi connectivity index (χ1n) is 7.31. The summed E-state index contributed by atoms with van der Waals surface area (Å²) in [6.07, 6.45) is 1.28. The number of oxime groups is 1. The van der Waals surface area contributed by atoms with Crippen LogP contribution in [-0.2, 0) is 16.1 Å². The Morgan fingerprint density at radius 1 is 1.13 bits per heavy atom. The zero-order chi connectivity index (χ0) is 16.3. The Labute approximate surface area is 143 Å². The monoisotopic (exact) mass is 373 g/mol. The van der Waals surface area contributed by atoms with Gasteiger partial charge < -0.3 is 9.57 Å². The van der Waals surface area contributed by atoms with Crippen molar-refractivity contribution < 1.29 is 14.4 Å². The maximum atomic E-state index is 12.3. The van der Waals surface area contributed by atoms with Gasteiger partial charge in [0.1, 0.15) is 11.5 Å². The lowest BCUT2D eigenvalue weighted by molar-refractivity contribution is -0.142. The summed E-state index contributed by atoms with van der Waals surface area (Å²) in [5, 5.41) is 4.00. The molecule has 5 heteroatoms. The molecular formula is C18H16BrNO3. The fourth-order valence-corrected chi connectivity index (χ4v) is 3.17. The second-order valence-electron chi connectivity index (χ2n) is 5.31. The third-order valence-corrected chi connectivity index (χ3v) is 4.98. The van der Waals surface area contributed by atoms with Crippen molar-refractivity contribution in [3.63, 3.8) is 0 Å². The number of carbonyl (C=O) groups is 1. The minimum atomic E-state index is -0.961. The zero-order valence-corrected chi connectivity index (χ0v) is 14.2. The summed E-state index contributed by atoms with van der Waals surface area (Å²) >= 11 is 3.57. The van der Waals surface area contributed by atoms with E-state index in [1.165, 1.54) is 0 Å². The van der Waals surface area contributed by atoms with E-state index < -0.39 is 10.3 Å². The predicted molar refractivity (Wildman–Crippen MR) is 92.0 cm³/mol. The Bertz CT molecular complexity index is 745. The molecule has 0 spiro atoms. The van der Waals surface area contributed by atoms with Gasteiger partial charge in [-0.15, -0.1) is 0 Å². The highest BCUT2D eigenvalue weighted by atomic mass is 79.9. The van der Waals surface area contributed by atoms with Crippen molar-refractivity contribution in [2.75, 3.05) is 7.11 Å². The number of hydrogen-bond donors (Lipinski definition) is 0. The molecule has 0 aliphatic carbocycles. The van der Waals surface area contributed by atoms with Crippen LogP contribution >= 0.6 is 15.9 Å². The number of aryl methyl sites for hydroxylation is 1. The van der Waals surface area contributed by atoms with E-state index in [9.17, 15) is 4.79 Å². The largest absolute Gasteiger partial charge is 0.496 e. The van der Waals surface area contributed by atoms with Crippen LogP contribution in [0.2, 0.25) is 0 Å². The Hall–Kier alpha value is -2.14. The molecule has 1 aliphatic rings. The molecule has 0 fully saturated rings. The molecule has 1 heterocycles. The number of ether oxygens (including phenoxy) is 1. The number of benzene rings is 2. The first-order valence-corrected chi connectivity index (χ1v) is 8.10. The summed E-state index contributed by atoms with van der Waals surface area (Å²) < 4.78 is 4.42. The lowest BCUT2D eigenvalue weighted by atomic mass is 9.90. The standard InChI is InChI=1S/C18H16BrNO3/c1-22-15-10-6-5-9-14(15)16-18(19,17(21)23-20-16)12-11-13-7-3-2-4-8-13/h2-10H,11-12H2,1H3. The van der Waals surface area contributed by atoms with Gasteiger partial charge in [0.25, 0.3) is 0 Å². The van der Waals surface area contributed by atoms with Gasteiger partial charge in [-0.3, -0.25) is 0 Å². The summed E-state index contributed by atoms with van der Waals surface area (Å²) in [5.41, 5.74) is 2.46. The first kappa shape index (κ1) is 15.7. The van der Waals surface area contributed by atoms with Crippen LogP contribution in [0.4, 0.5) is 0 Å². The fraction of sp³-hybridized carbons (Fsp3) is 0.222. The third-order valence-electron chi connectivity index (χ3n) is 3.88. The van der Waals surface area contributed by atoms with E-state index in [1.54, 1.807) is 7.11 Å². The molecule has 0 saturated carbocycles. The highest BCUT2D eigenvalue weighted by Gasteiger charge is 2.48. The SMILES string of the molecule is COc1ccccc1C1=NOC(=O)C1(Br)CCc1ccccc1. The molecule has 4 nitrogen and oxygen atoms in total. The van der Waals surface area contributed by atoms with Gasteiger partial charge in [-0.1, -0.05) is 63.6 Å². The van der Waals surface area contributed by atoms with Crippen molar-refractivity contribution in [3.05, 3.63) is 65.7 Å². The highest BCUT2D eigenvalue weighted by molar-refractivity contribution is 9.10. The molecule has 0 radical (unpaired) electrons. The molecule has 118 valence electrons. The Morgan fingerprint density at radius 3 is 2.57 bits per heavy atom. The van der Waals surface area contributed by atoms with E-state index in [1.807, 2.05) is 54.6 Å². The first-order chi connectivity index (χ1) is 11.1. The van der Waals surface area contributed by atoms with Crippen molar-refractivity contribution in [2.45, 2.75) is 17.2 Å². The average Bonchev–Trinajstić information content (AvgIpc) is 2.89. The number of methoxy groups -OCH3 is 1. The quantitative estimate of drug-likeness (QED) is 0.592. The van der Waals surface area contributed by atoms with Crippen molar-refractivity contribution in [1.82, 2.24) is 0 Å². The molecule has 1 atom stereocenters. The number of carbonyl (C=O) groups excluding carboxylic acids is 1. The Kier molecular flexibility index (Phi) is 4.48. The number of hydrogen-bond acceptors (Lipinski definition) is 4. The summed E-state index contributed by atoms with van der Waals surface area (Å²) in [4.78, 5) is 17.2. The maximum Gasteiger partial charge on any atom is 0.357 e. The van der Waals surface area contributed by atoms with Crippen LogP contribution < -0.4 is 4.74 Å². The lowest BCUT2D eigenvalue weighted by Crippen LogP contribution is -2.37. The van der Waals surface area contributed by atoms with Crippen LogP contribution in [0.1, 0.15) is 17.5 Å².